The second-order valence-electron chi connectivity index (χ2n) is 6.29. The van der Waals surface area contributed by atoms with E-state index in [1.165, 1.54) is 23.9 Å². The molecule has 2 aromatic rings. The van der Waals surface area contributed by atoms with E-state index in [4.69, 9.17) is 18.0 Å². The van der Waals surface area contributed by atoms with Crippen molar-refractivity contribution in [2.45, 2.75) is 52.4 Å². The van der Waals surface area contributed by atoms with Crippen molar-refractivity contribution in [2.75, 3.05) is 0 Å². The lowest BCUT2D eigenvalue weighted by Crippen LogP contribution is -2.27. The van der Waals surface area contributed by atoms with Crippen molar-refractivity contribution >= 4 is 23.0 Å². The molecular formula is C19H27N5OS. The standard InChI is InChI=1S/C19H27N5OS/c1-3-4-5-6-10-13-16(21-22-19(20)26)17-14(2)23-24(18(17)25)15-11-8-7-9-12-15/h7-9,11-12,23H,3-6,10,13H2,1-2H3,(H3,20,22,26). The van der Waals surface area contributed by atoms with Crippen molar-refractivity contribution in [2.24, 2.45) is 10.8 Å². The quantitative estimate of drug-likeness (QED) is 0.272. The molecule has 0 saturated carbocycles. The summed E-state index contributed by atoms with van der Waals surface area (Å²) < 4.78 is 1.54. The van der Waals surface area contributed by atoms with E-state index in [1.54, 1.807) is 0 Å². The molecule has 0 aliphatic carbocycles. The number of benzene rings is 1. The molecule has 6 nitrogen and oxygen atoms in total. The third kappa shape index (κ3) is 5.29. The lowest BCUT2D eigenvalue weighted by Gasteiger charge is -2.06. The van der Waals surface area contributed by atoms with Gasteiger partial charge in [0.05, 0.1) is 17.0 Å². The number of aromatic amines is 1. The highest BCUT2D eigenvalue weighted by Crippen LogP contribution is 2.13. The van der Waals surface area contributed by atoms with Crippen LogP contribution in [0, 0.1) is 6.92 Å². The zero-order chi connectivity index (χ0) is 18.9. The number of aryl methyl sites for hydroxylation is 1. The summed E-state index contributed by atoms with van der Waals surface area (Å²) in [6.07, 6.45) is 6.38. The van der Waals surface area contributed by atoms with E-state index < -0.39 is 0 Å². The number of hydrazone groups is 1. The van der Waals surface area contributed by atoms with Crippen molar-refractivity contribution in [3.8, 4) is 5.69 Å². The van der Waals surface area contributed by atoms with Crippen molar-refractivity contribution in [1.29, 1.82) is 0 Å². The molecule has 0 aliphatic rings. The number of rotatable bonds is 9. The highest BCUT2D eigenvalue weighted by molar-refractivity contribution is 7.80. The Kier molecular flexibility index (Phi) is 7.59. The molecule has 0 bridgehead atoms. The van der Waals surface area contributed by atoms with Crippen LogP contribution in [0.4, 0.5) is 0 Å². The second kappa shape index (κ2) is 9.91. The Morgan fingerprint density at radius 1 is 1.23 bits per heavy atom. The molecule has 1 aromatic carbocycles. The number of nitrogens with one attached hydrogen (secondary N) is 2. The second-order valence-corrected chi connectivity index (χ2v) is 6.73. The Morgan fingerprint density at radius 2 is 1.92 bits per heavy atom. The van der Waals surface area contributed by atoms with Gasteiger partial charge in [-0.2, -0.15) is 5.10 Å². The van der Waals surface area contributed by atoms with Crippen molar-refractivity contribution in [3.05, 3.63) is 51.9 Å². The van der Waals surface area contributed by atoms with Gasteiger partial charge in [-0.15, -0.1) is 0 Å². The van der Waals surface area contributed by atoms with Gasteiger partial charge in [0.1, 0.15) is 0 Å². The molecule has 1 aromatic heterocycles. The number of nitrogens with two attached hydrogens (primary N) is 1. The van der Waals surface area contributed by atoms with Crippen LogP contribution in [-0.2, 0) is 0 Å². The molecule has 2 rings (SSSR count). The molecule has 0 spiro atoms. The summed E-state index contributed by atoms with van der Waals surface area (Å²) in [4.78, 5) is 13.0. The lowest BCUT2D eigenvalue weighted by atomic mass is 10.0. The number of para-hydroxylation sites is 1. The SMILES string of the molecule is CCCCCCCC(=NNC(N)=S)c1c(C)[nH]n(-c2ccccc2)c1=O. The van der Waals surface area contributed by atoms with E-state index in [1.807, 2.05) is 37.3 Å². The fraction of sp³-hybridized carbons (Fsp3) is 0.421. The van der Waals surface area contributed by atoms with Crippen LogP contribution in [0.3, 0.4) is 0 Å². The maximum Gasteiger partial charge on any atom is 0.280 e. The molecule has 0 aliphatic heterocycles. The number of nitrogens with zero attached hydrogens (tertiary/aromatic N) is 2. The minimum absolute atomic E-state index is 0.0880. The zero-order valence-corrected chi connectivity index (χ0v) is 16.2. The molecule has 1 heterocycles. The summed E-state index contributed by atoms with van der Waals surface area (Å²) in [5.41, 5.74) is 10.8. The smallest absolute Gasteiger partial charge is 0.280 e. The Labute approximate surface area is 159 Å². The number of hydrogen-bond acceptors (Lipinski definition) is 3. The molecule has 0 amide bonds. The molecule has 26 heavy (non-hydrogen) atoms. The van der Waals surface area contributed by atoms with E-state index in [2.05, 4.69) is 22.5 Å². The highest BCUT2D eigenvalue weighted by atomic mass is 32.1. The maximum atomic E-state index is 13.0. The zero-order valence-electron chi connectivity index (χ0n) is 15.4. The van der Waals surface area contributed by atoms with Gasteiger partial charge in [-0.3, -0.25) is 15.3 Å². The van der Waals surface area contributed by atoms with E-state index >= 15 is 0 Å². The number of thiocarbonyl (C=S) groups is 1. The number of hydrogen-bond donors (Lipinski definition) is 3. The fourth-order valence-corrected chi connectivity index (χ4v) is 2.95. The first-order valence-corrected chi connectivity index (χ1v) is 9.44. The van der Waals surface area contributed by atoms with Crippen molar-refractivity contribution < 1.29 is 0 Å². The molecule has 0 unspecified atom stereocenters. The number of H-pyrrole nitrogens is 1. The third-order valence-electron chi connectivity index (χ3n) is 4.19. The molecule has 7 heteroatoms. The average Bonchev–Trinajstić information content (AvgIpc) is 2.93. The third-order valence-corrected chi connectivity index (χ3v) is 4.28. The molecular weight excluding hydrogens is 346 g/mol. The van der Waals surface area contributed by atoms with Gasteiger partial charge in [0, 0.05) is 5.69 Å². The minimum atomic E-state index is -0.120. The normalized spacial score (nSPS) is 11.5. The van der Waals surface area contributed by atoms with Crippen LogP contribution >= 0.6 is 12.2 Å². The van der Waals surface area contributed by atoms with Gasteiger partial charge < -0.3 is 5.73 Å². The fourth-order valence-electron chi connectivity index (χ4n) is 2.90. The Morgan fingerprint density at radius 3 is 2.58 bits per heavy atom. The maximum absolute atomic E-state index is 13.0. The van der Waals surface area contributed by atoms with Gasteiger partial charge in [-0.05, 0) is 44.1 Å². The predicted octanol–water partition coefficient (Wildman–Crippen LogP) is 3.37. The molecule has 0 atom stereocenters. The lowest BCUT2D eigenvalue weighted by molar-refractivity contribution is 0.642. The van der Waals surface area contributed by atoms with Crippen LogP contribution in [0.5, 0.6) is 0 Å². The van der Waals surface area contributed by atoms with Gasteiger partial charge in [-0.25, -0.2) is 4.68 Å². The molecule has 0 radical (unpaired) electrons. The first kappa shape index (κ1) is 19.9. The summed E-state index contributed by atoms with van der Waals surface area (Å²) >= 11 is 4.85. The van der Waals surface area contributed by atoms with Crippen LogP contribution < -0.4 is 16.7 Å². The topological polar surface area (TPSA) is 88.2 Å². The Bertz CT molecular complexity index is 807. The van der Waals surface area contributed by atoms with E-state index in [0.29, 0.717) is 17.7 Å². The van der Waals surface area contributed by atoms with Crippen LogP contribution in [0.25, 0.3) is 5.69 Å². The van der Waals surface area contributed by atoms with Crippen molar-refractivity contribution in [3.63, 3.8) is 0 Å². The average molecular weight is 374 g/mol. The monoisotopic (exact) mass is 373 g/mol. The minimum Gasteiger partial charge on any atom is -0.375 e. The van der Waals surface area contributed by atoms with Crippen LogP contribution in [0.1, 0.15) is 56.7 Å². The van der Waals surface area contributed by atoms with E-state index in [-0.39, 0.29) is 10.7 Å². The Balaban J connectivity index is 2.29. The van der Waals surface area contributed by atoms with Crippen LogP contribution in [0.15, 0.2) is 40.2 Å². The van der Waals surface area contributed by atoms with E-state index in [0.717, 1.165) is 24.2 Å². The summed E-state index contributed by atoms with van der Waals surface area (Å²) in [6, 6.07) is 9.48. The molecule has 140 valence electrons. The number of unbranched alkanes of at least 4 members (excludes halogenated alkanes) is 4. The van der Waals surface area contributed by atoms with Crippen LogP contribution in [-0.4, -0.2) is 20.6 Å². The van der Waals surface area contributed by atoms with Gasteiger partial charge in [0.15, 0.2) is 5.11 Å². The largest absolute Gasteiger partial charge is 0.375 e. The first-order chi connectivity index (χ1) is 12.5. The van der Waals surface area contributed by atoms with Gasteiger partial charge in [0.25, 0.3) is 5.56 Å². The van der Waals surface area contributed by atoms with Gasteiger partial charge >= 0.3 is 0 Å². The van der Waals surface area contributed by atoms with Crippen LogP contribution in [0.2, 0.25) is 0 Å². The summed E-state index contributed by atoms with van der Waals surface area (Å²) in [6.45, 7) is 4.07. The molecule has 0 saturated heterocycles. The molecule has 4 N–H and O–H groups in total. The summed E-state index contributed by atoms with van der Waals surface area (Å²) in [5.74, 6) is 0. The van der Waals surface area contributed by atoms with Crippen molar-refractivity contribution in [1.82, 2.24) is 15.2 Å². The predicted molar refractivity (Wildman–Crippen MR) is 111 cm³/mol. The van der Waals surface area contributed by atoms with Gasteiger partial charge in [0.2, 0.25) is 0 Å². The van der Waals surface area contributed by atoms with Gasteiger partial charge in [-0.1, -0.05) is 50.8 Å². The highest BCUT2D eigenvalue weighted by Gasteiger charge is 2.18. The van der Waals surface area contributed by atoms with E-state index in [9.17, 15) is 4.79 Å². The Hall–Kier alpha value is -2.41. The first-order valence-electron chi connectivity index (χ1n) is 9.04. The summed E-state index contributed by atoms with van der Waals surface area (Å²) in [5, 5.41) is 7.53. The summed E-state index contributed by atoms with van der Waals surface area (Å²) in [7, 11) is 0. The molecule has 0 fully saturated rings. The number of aromatic nitrogens is 2.